The molecule has 3 rings (SSSR count). The van der Waals surface area contributed by atoms with E-state index < -0.39 is 0 Å². The van der Waals surface area contributed by atoms with Crippen LogP contribution < -0.4 is 14.8 Å². The average molecular weight is 379 g/mol. The summed E-state index contributed by atoms with van der Waals surface area (Å²) in [7, 11) is 1.63. The van der Waals surface area contributed by atoms with Crippen LogP contribution in [0, 0.1) is 0 Å². The molecule has 1 atom stereocenters. The predicted octanol–water partition coefficient (Wildman–Crippen LogP) is 3.88. The molecule has 1 unspecified atom stereocenters. The molecule has 0 saturated heterocycles. The second-order valence-corrected chi connectivity index (χ2v) is 6.61. The number of amides is 1. The van der Waals surface area contributed by atoms with Crippen molar-refractivity contribution >= 4 is 16.9 Å². The Hall–Kier alpha value is -3.28. The first-order chi connectivity index (χ1) is 13.5. The molecule has 6 nitrogen and oxygen atoms in total. The van der Waals surface area contributed by atoms with Crippen LogP contribution in [0.5, 0.6) is 11.5 Å². The number of nitrogens with zero attached hydrogens (tertiary/aromatic N) is 2. The SMILES string of the molecule is C=C(C)C(=O)NC(C)c1nc2ccccc2n1CCOc1ccc(OC)cc1. The Kier molecular flexibility index (Phi) is 5.99. The van der Waals surface area contributed by atoms with Crippen molar-refractivity contribution in [2.45, 2.75) is 26.4 Å². The number of carbonyl (C=O) groups excluding carboxylic acids is 1. The molecule has 1 N–H and O–H groups in total. The Balaban J connectivity index is 1.78. The number of carbonyl (C=O) groups is 1. The molecule has 6 heteroatoms. The van der Waals surface area contributed by atoms with Gasteiger partial charge in [0.25, 0.3) is 0 Å². The number of hydrogen-bond donors (Lipinski definition) is 1. The third kappa shape index (κ3) is 4.34. The van der Waals surface area contributed by atoms with Gasteiger partial charge >= 0.3 is 0 Å². The van der Waals surface area contributed by atoms with Gasteiger partial charge in [0.15, 0.2) is 0 Å². The zero-order chi connectivity index (χ0) is 20.1. The Morgan fingerprint density at radius 3 is 2.54 bits per heavy atom. The minimum atomic E-state index is -0.252. The van der Waals surface area contributed by atoms with Crippen LogP contribution in [0.2, 0.25) is 0 Å². The van der Waals surface area contributed by atoms with E-state index in [4.69, 9.17) is 14.5 Å². The van der Waals surface area contributed by atoms with Crippen LogP contribution in [0.3, 0.4) is 0 Å². The summed E-state index contributed by atoms with van der Waals surface area (Å²) in [6.45, 7) is 8.38. The lowest BCUT2D eigenvalue weighted by molar-refractivity contribution is -0.118. The van der Waals surface area contributed by atoms with Crippen LogP contribution in [-0.2, 0) is 11.3 Å². The molecule has 0 aliphatic carbocycles. The third-order valence-electron chi connectivity index (χ3n) is 4.45. The molecule has 1 heterocycles. The summed E-state index contributed by atoms with van der Waals surface area (Å²) in [5, 5.41) is 2.94. The lowest BCUT2D eigenvalue weighted by Crippen LogP contribution is -2.29. The van der Waals surface area contributed by atoms with Gasteiger partial charge < -0.3 is 19.4 Å². The summed E-state index contributed by atoms with van der Waals surface area (Å²) >= 11 is 0. The van der Waals surface area contributed by atoms with E-state index in [9.17, 15) is 4.79 Å². The van der Waals surface area contributed by atoms with Crippen molar-refractivity contribution in [3.8, 4) is 11.5 Å². The Bertz CT molecular complexity index is 976. The molecule has 0 bridgehead atoms. The fourth-order valence-electron chi connectivity index (χ4n) is 2.97. The average Bonchev–Trinajstić information content (AvgIpc) is 3.07. The topological polar surface area (TPSA) is 65.4 Å². The van der Waals surface area contributed by atoms with E-state index >= 15 is 0 Å². The molecule has 0 aliphatic rings. The molecular weight excluding hydrogens is 354 g/mol. The van der Waals surface area contributed by atoms with Crippen LogP contribution in [0.15, 0.2) is 60.7 Å². The number of fused-ring (bicyclic) bond motifs is 1. The second kappa shape index (κ2) is 8.61. The van der Waals surface area contributed by atoms with Gasteiger partial charge in [0.2, 0.25) is 5.91 Å². The van der Waals surface area contributed by atoms with E-state index in [1.807, 2.05) is 55.5 Å². The first kappa shape index (κ1) is 19.5. The van der Waals surface area contributed by atoms with Crippen LogP contribution in [0.25, 0.3) is 11.0 Å². The van der Waals surface area contributed by atoms with Gasteiger partial charge in [-0.3, -0.25) is 4.79 Å². The van der Waals surface area contributed by atoms with Crippen molar-refractivity contribution < 1.29 is 14.3 Å². The molecule has 146 valence electrons. The summed E-state index contributed by atoms with van der Waals surface area (Å²) in [6.07, 6.45) is 0. The minimum Gasteiger partial charge on any atom is -0.497 e. The second-order valence-electron chi connectivity index (χ2n) is 6.61. The lowest BCUT2D eigenvalue weighted by Gasteiger charge is -2.17. The standard InChI is InChI=1S/C22H25N3O3/c1-15(2)22(26)23-16(3)21-24-19-7-5-6-8-20(19)25(21)13-14-28-18-11-9-17(27-4)10-12-18/h5-12,16H,1,13-14H2,2-4H3,(H,23,26). The van der Waals surface area contributed by atoms with E-state index in [-0.39, 0.29) is 11.9 Å². The largest absolute Gasteiger partial charge is 0.497 e. The van der Waals surface area contributed by atoms with Gasteiger partial charge in [0.05, 0.1) is 30.7 Å². The first-order valence-electron chi connectivity index (χ1n) is 9.18. The zero-order valence-corrected chi connectivity index (χ0v) is 16.4. The van der Waals surface area contributed by atoms with Gasteiger partial charge in [0.1, 0.15) is 23.9 Å². The lowest BCUT2D eigenvalue weighted by atomic mass is 10.2. The summed E-state index contributed by atoms with van der Waals surface area (Å²) < 4.78 is 13.1. The van der Waals surface area contributed by atoms with Crippen LogP contribution in [0.4, 0.5) is 0 Å². The predicted molar refractivity (Wildman–Crippen MR) is 110 cm³/mol. The highest BCUT2D eigenvalue weighted by atomic mass is 16.5. The molecule has 1 aromatic heterocycles. The number of rotatable bonds is 8. The number of aromatic nitrogens is 2. The van der Waals surface area contributed by atoms with Crippen molar-refractivity contribution in [3.63, 3.8) is 0 Å². The van der Waals surface area contributed by atoms with Crippen LogP contribution >= 0.6 is 0 Å². The number of para-hydroxylation sites is 2. The third-order valence-corrected chi connectivity index (χ3v) is 4.45. The molecule has 2 aromatic carbocycles. The number of methoxy groups -OCH3 is 1. The van der Waals surface area contributed by atoms with Gasteiger partial charge in [-0.15, -0.1) is 0 Å². The fraction of sp³-hybridized carbons (Fsp3) is 0.273. The molecule has 0 spiro atoms. The summed E-state index contributed by atoms with van der Waals surface area (Å²) in [4.78, 5) is 16.7. The molecular formula is C22H25N3O3. The number of imidazole rings is 1. The minimum absolute atomic E-state index is 0.180. The van der Waals surface area contributed by atoms with Crippen molar-refractivity contribution in [2.24, 2.45) is 0 Å². The summed E-state index contributed by atoms with van der Waals surface area (Å²) in [6, 6.07) is 15.1. The van der Waals surface area contributed by atoms with Crippen LogP contribution in [-0.4, -0.2) is 29.2 Å². The van der Waals surface area contributed by atoms with E-state index in [0.29, 0.717) is 18.7 Å². The van der Waals surface area contributed by atoms with Crippen LogP contribution in [0.1, 0.15) is 25.7 Å². The van der Waals surface area contributed by atoms with Crippen molar-refractivity contribution in [2.75, 3.05) is 13.7 Å². The number of hydrogen-bond acceptors (Lipinski definition) is 4. The van der Waals surface area contributed by atoms with E-state index in [1.165, 1.54) is 0 Å². The Morgan fingerprint density at radius 2 is 1.86 bits per heavy atom. The fourth-order valence-corrected chi connectivity index (χ4v) is 2.97. The maximum atomic E-state index is 12.0. The van der Waals surface area contributed by atoms with Gasteiger partial charge in [-0.25, -0.2) is 4.98 Å². The highest BCUT2D eigenvalue weighted by Gasteiger charge is 2.18. The maximum Gasteiger partial charge on any atom is 0.246 e. The molecule has 1 amide bonds. The van der Waals surface area contributed by atoms with Gasteiger partial charge in [-0.1, -0.05) is 18.7 Å². The number of nitrogens with one attached hydrogen (secondary N) is 1. The smallest absolute Gasteiger partial charge is 0.246 e. The van der Waals surface area contributed by atoms with E-state index in [2.05, 4.69) is 16.5 Å². The summed E-state index contributed by atoms with van der Waals surface area (Å²) in [5.74, 6) is 2.17. The molecule has 3 aromatic rings. The monoisotopic (exact) mass is 379 g/mol. The highest BCUT2D eigenvalue weighted by Crippen LogP contribution is 2.22. The molecule has 0 fully saturated rings. The quantitative estimate of drug-likeness (QED) is 0.603. The van der Waals surface area contributed by atoms with Crippen molar-refractivity contribution in [3.05, 3.63) is 66.5 Å². The zero-order valence-electron chi connectivity index (χ0n) is 16.4. The highest BCUT2D eigenvalue weighted by molar-refractivity contribution is 5.92. The van der Waals surface area contributed by atoms with Crippen molar-refractivity contribution in [1.29, 1.82) is 0 Å². The normalized spacial score (nSPS) is 11.8. The first-order valence-corrected chi connectivity index (χ1v) is 9.18. The molecule has 28 heavy (non-hydrogen) atoms. The maximum absolute atomic E-state index is 12.0. The number of benzene rings is 2. The van der Waals surface area contributed by atoms with Gasteiger partial charge in [-0.2, -0.15) is 0 Å². The molecule has 0 aliphatic heterocycles. The van der Waals surface area contributed by atoms with E-state index in [0.717, 1.165) is 28.4 Å². The summed E-state index contributed by atoms with van der Waals surface area (Å²) in [5.41, 5.74) is 2.36. The van der Waals surface area contributed by atoms with Crippen molar-refractivity contribution in [1.82, 2.24) is 14.9 Å². The number of ether oxygens (including phenoxy) is 2. The molecule has 0 saturated carbocycles. The van der Waals surface area contributed by atoms with E-state index in [1.54, 1.807) is 14.0 Å². The Morgan fingerprint density at radius 1 is 1.18 bits per heavy atom. The Labute approximate surface area is 164 Å². The molecule has 0 radical (unpaired) electrons. The van der Waals surface area contributed by atoms with Gasteiger partial charge in [0, 0.05) is 5.57 Å². The van der Waals surface area contributed by atoms with Gasteiger partial charge in [-0.05, 0) is 50.2 Å².